The molecule has 8 nitrogen and oxygen atoms in total. The van der Waals surface area contributed by atoms with Gasteiger partial charge in [-0.3, -0.25) is 0 Å². The summed E-state index contributed by atoms with van der Waals surface area (Å²) in [6, 6.07) is 9.77. The van der Waals surface area contributed by atoms with Gasteiger partial charge in [0.25, 0.3) is 0 Å². The predicted molar refractivity (Wildman–Crippen MR) is 112 cm³/mol. The Morgan fingerprint density at radius 2 is 1.83 bits per heavy atom. The van der Waals surface area contributed by atoms with Crippen LogP contribution < -0.4 is 10.2 Å². The van der Waals surface area contributed by atoms with Gasteiger partial charge in [0.1, 0.15) is 5.82 Å². The van der Waals surface area contributed by atoms with Crippen LogP contribution in [0.5, 0.6) is 0 Å². The van der Waals surface area contributed by atoms with Gasteiger partial charge in [-0.25, -0.2) is 18.2 Å². The maximum atomic E-state index is 12.6. The van der Waals surface area contributed by atoms with E-state index in [4.69, 9.17) is 4.74 Å². The Bertz CT molecular complexity index is 939. The number of hydrogen-bond acceptors (Lipinski definition) is 6. The molecular formula is C20H26N4O4S. The molecule has 0 saturated carbocycles. The summed E-state index contributed by atoms with van der Waals surface area (Å²) < 4.78 is 28.5. The molecule has 1 atom stereocenters. The lowest BCUT2D eigenvalue weighted by atomic mass is 10.1. The third kappa shape index (κ3) is 5.24. The maximum absolute atomic E-state index is 12.6. The molecule has 0 spiro atoms. The Kier molecular flexibility index (Phi) is 6.39. The molecule has 1 aliphatic rings. The molecule has 9 heteroatoms. The first kappa shape index (κ1) is 21.1. The minimum atomic E-state index is -3.24. The van der Waals surface area contributed by atoms with Crippen LogP contribution in [-0.2, 0) is 14.6 Å². The Hall–Kier alpha value is -2.65. The molecule has 0 bridgehead atoms. The third-order valence-corrected chi connectivity index (χ3v) is 6.15. The summed E-state index contributed by atoms with van der Waals surface area (Å²) in [5.41, 5.74) is 1.45. The van der Waals surface area contributed by atoms with Crippen LogP contribution in [0.1, 0.15) is 18.5 Å². The Balaban J connectivity index is 1.62. The number of carbonyl (C=O) groups is 1. The largest absolute Gasteiger partial charge is 0.378 e. The van der Waals surface area contributed by atoms with E-state index in [0.29, 0.717) is 18.9 Å². The highest BCUT2D eigenvalue weighted by Gasteiger charge is 2.19. The van der Waals surface area contributed by atoms with Crippen LogP contribution in [0, 0.1) is 0 Å². The molecular weight excluding hydrogens is 392 g/mol. The summed E-state index contributed by atoms with van der Waals surface area (Å²) in [6.45, 7) is 4.87. The number of amides is 2. The molecule has 1 aromatic heterocycles. The van der Waals surface area contributed by atoms with Crippen molar-refractivity contribution in [3.05, 3.63) is 48.2 Å². The number of benzene rings is 1. The van der Waals surface area contributed by atoms with Gasteiger partial charge in [-0.05, 0) is 36.8 Å². The highest BCUT2D eigenvalue weighted by atomic mass is 32.2. The van der Waals surface area contributed by atoms with Crippen molar-refractivity contribution >= 4 is 27.4 Å². The van der Waals surface area contributed by atoms with Gasteiger partial charge in [0.2, 0.25) is 0 Å². The van der Waals surface area contributed by atoms with E-state index in [0.717, 1.165) is 24.5 Å². The van der Waals surface area contributed by atoms with Gasteiger partial charge in [0.05, 0.1) is 36.0 Å². The van der Waals surface area contributed by atoms with Crippen molar-refractivity contribution in [2.24, 2.45) is 0 Å². The number of ether oxygens (including phenoxy) is 1. The molecule has 1 unspecified atom stereocenters. The van der Waals surface area contributed by atoms with Crippen molar-refractivity contribution in [3.8, 4) is 0 Å². The average molecular weight is 419 g/mol. The lowest BCUT2D eigenvalue weighted by Crippen LogP contribution is -2.36. The first-order valence-electron chi connectivity index (χ1n) is 9.38. The molecule has 1 N–H and O–H groups in total. The number of nitrogens with zero attached hydrogens (tertiary/aromatic N) is 3. The number of urea groups is 1. The van der Waals surface area contributed by atoms with Crippen LogP contribution in [-0.4, -0.2) is 63.9 Å². The third-order valence-electron chi connectivity index (χ3n) is 5.03. The first-order chi connectivity index (χ1) is 13.8. The minimum Gasteiger partial charge on any atom is -0.378 e. The van der Waals surface area contributed by atoms with Gasteiger partial charge in [0.15, 0.2) is 9.84 Å². The fourth-order valence-corrected chi connectivity index (χ4v) is 3.67. The topological polar surface area (TPSA) is 91.8 Å². The van der Waals surface area contributed by atoms with E-state index in [2.05, 4.69) is 15.2 Å². The van der Waals surface area contributed by atoms with Crippen molar-refractivity contribution in [1.82, 2.24) is 9.88 Å². The number of anilines is 2. The zero-order valence-electron chi connectivity index (χ0n) is 16.8. The molecule has 2 amide bonds. The van der Waals surface area contributed by atoms with E-state index in [-0.39, 0.29) is 17.0 Å². The summed E-state index contributed by atoms with van der Waals surface area (Å²) in [4.78, 5) is 21.0. The van der Waals surface area contributed by atoms with E-state index in [1.54, 1.807) is 42.4 Å². The highest BCUT2D eigenvalue weighted by Crippen LogP contribution is 2.22. The van der Waals surface area contributed by atoms with E-state index >= 15 is 0 Å². The number of carbonyl (C=O) groups excluding carboxylic acids is 1. The zero-order valence-corrected chi connectivity index (χ0v) is 17.6. The van der Waals surface area contributed by atoms with Gasteiger partial charge in [0, 0.05) is 26.4 Å². The minimum absolute atomic E-state index is 0.232. The van der Waals surface area contributed by atoms with Gasteiger partial charge < -0.3 is 19.9 Å². The standard InChI is InChI=1S/C20H26N4O4S/c1-15(16-4-7-18(8-5-16)29(3,26)27)23(2)20(25)22-17-6-9-19(21-14-17)24-10-12-28-13-11-24/h4-9,14-15H,10-13H2,1-3H3,(H,22,25). The molecule has 2 heterocycles. The van der Waals surface area contributed by atoms with E-state index < -0.39 is 9.84 Å². The van der Waals surface area contributed by atoms with Gasteiger partial charge in [-0.2, -0.15) is 0 Å². The maximum Gasteiger partial charge on any atom is 0.322 e. The molecule has 0 aliphatic carbocycles. The second kappa shape index (κ2) is 8.79. The summed E-state index contributed by atoms with van der Waals surface area (Å²) in [5, 5.41) is 2.84. The summed E-state index contributed by atoms with van der Waals surface area (Å²) in [6.07, 6.45) is 2.81. The monoisotopic (exact) mass is 418 g/mol. The number of nitrogens with one attached hydrogen (secondary N) is 1. The number of sulfone groups is 1. The smallest absolute Gasteiger partial charge is 0.322 e. The molecule has 1 saturated heterocycles. The SMILES string of the molecule is CC(c1ccc(S(C)(=O)=O)cc1)N(C)C(=O)Nc1ccc(N2CCOCC2)nc1. The van der Waals surface area contributed by atoms with Crippen LogP contribution >= 0.6 is 0 Å². The summed E-state index contributed by atoms with van der Waals surface area (Å²) in [7, 11) is -1.55. The van der Waals surface area contributed by atoms with Crippen LogP contribution in [0.2, 0.25) is 0 Å². The molecule has 156 valence electrons. The molecule has 29 heavy (non-hydrogen) atoms. The van der Waals surface area contributed by atoms with Gasteiger partial charge in [-0.15, -0.1) is 0 Å². The molecule has 3 rings (SSSR count). The van der Waals surface area contributed by atoms with E-state index in [1.165, 1.54) is 6.26 Å². The van der Waals surface area contributed by atoms with Crippen LogP contribution in [0.3, 0.4) is 0 Å². The van der Waals surface area contributed by atoms with Gasteiger partial charge >= 0.3 is 6.03 Å². The molecule has 2 aromatic rings. The lowest BCUT2D eigenvalue weighted by Gasteiger charge is -2.28. The van der Waals surface area contributed by atoms with E-state index in [9.17, 15) is 13.2 Å². The zero-order chi connectivity index (χ0) is 21.0. The molecule has 0 radical (unpaired) electrons. The quantitative estimate of drug-likeness (QED) is 0.802. The Labute approximate surface area is 171 Å². The summed E-state index contributed by atoms with van der Waals surface area (Å²) in [5.74, 6) is 0.860. The Morgan fingerprint density at radius 1 is 1.17 bits per heavy atom. The van der Waals surface area contributed by atoms with Crippen LogP contribution in [0.15, 0.2) is 47.5 Å². The molecule has 1 aromatic carbocycles. The van der Waals surface area contributed by atoms with E-state index in [1.807, 2.05) is 19.1 Å². The number of rotatable bonds is 5. The second-order valence-corrected chi connectivity index (χ2v) is 9.08. The number of aromatic nitrogens is 1. The predicted octanol–water partition coefficient (Wildman–Crippen LogP) is 2.55. The number of morpholine rings is 1. The number of pyridine rings is 1. The first-order valence-corrected chi connectivity index (χ1v) is 11.3. The Morgan fingerprint density at radius 3 is 2.38 bits per heavy atom. The second-order valence-electron chi connectivity index (χ2n) is 7.06. The number of hydrogen-bond donors (Lipinski definition) is 1. The van der Waals surface area contributed by atoms with Crippen molar-refractivity contribution in [2.75, 3.05) is 49.8 Å². The fourth-order valence-electron chi connectivity index (χ4n) is 3.04. The van der Waals surface area contributed by atoms with Crippen molar-refractivity contribution in [2.45, 2.75) is 17.9 Å². The highest BCUT2D eigenvalue weighted by molar-refractivity contribution is 7.90. The normalized spacial score (nSPS) is 15.6. The molecule has 1 fully saturated rings. The summed E-state index contributed by atoms with van der Waals surface area (Å²) >= 11 is 0. The van der Waals surface area contributed by atoms with Gasteiger partial charge in [-0.1, -0.05) is 12.1 Å². The van der Waals surface area contributed by atoms with Crippen molar-refractivity contribution in [3.63, 3.8) is 0 Å². The lowest BCUT2D eigenvalue weighted by molar-refractivity contribution is 0.122. The van der Waals surface area contributed by atoms with Crippen molar-refractivity contribution in [1.29, 1.82) is 0 Å². The fraction of sp³-hybridized carbons (Fsp3) is 0.400. The molecule has 1 aliphatic heterocycles. The average Bonchev–Trinajstić information content (AvgIpc) is 2.73. The van der Waals surface area contributed by atoms with Crippen LogP contribution in [0.4, 0.5) is 16.3 Å². The van der Waals surface area contributed by atoms with Crippen LogP contribution in [0.25, 0.3) is 0 Å². The van der Waals surface area contributed by atoms with Crippen molar-refractivity contribution < 1.29 is 17.9 Å².